The standard InChI is InChI=1S/C17H24N2O2/c1-3-8-18-10-11-19(9-7-16(18)20)17(21)13-15-6-4-5-14(2)12-15/h4-6,12H,3,7-11,13H2,1-2H3. The van der Waals surface area contributed by atoms with Crippen LogP contribution in [0.25, 0.3) is 0 Å². The monoisotopic (exact) mass is 288 g/mol. The van der Waals surface area contributed by atoms with Gasteiger partial charge in [-0.05, 0) is 18.9 Å². The first-order valence-corrected chi connectivity index (χ1v) is 7.71. The van der Waals surface area contributed by atoms with Gasteiger partial charge in [-0.3, -0.25) is 9.59 Å². The topological polar surface area (TPSA) is 40.6 Å². The highest BCUT2D eigenvalue weighted by atomic mass is 16.2. The number of carbonyl (C=O) groups excluding carboxylic acids is 2. The Labute approximate surface area is 126 Å². The van der Waals surface area contributed by atoms with Crippen molar-refractivity contribution in [3.63, 3.8) is 0 Å². The van der Waals surface area contributed by atoms with Gasteiger partial charge in [0.2, 0.25) is 11.8 Å². The molecule has 4 nitrogen and oxygen atoms in total. The molecule has 1 aromatic rings. The van der Waals surface area contributed by atoms with Crippen LogP contribution in [0.15, 0.2) is 24.3 Å². The Balaban J connectivity index is 1.95. The summed E-state index contributed by atoms with van der Waals surface area (Å²) in [4.78, 5) is 28.1. The third-order valence-electron chi connectivity index (χ3n) is 3.87. The Kier molecular flexibility index (Phi) is 5.37. The van der Waals surface area contributed by atoms with E-state index in [1.807, 2.05) is 41.0 Å². The fourth-order valence-corrected chi connectivity index (χ4v) is 2.73. The first-order chi connectivity index (χ1) is 10.1. The molecule has 4 heteroatoms. The molecule has 0 aromatic heterocycles. The van der Waals surface area contributed by atoms with Gasteiger partial charge in [0.05, 0.1) is 6.42 Å². The van der Waals surface area contributed by atoms with E-state index in [4.69, 9.17) is 0 Å². The van der Waals surface area contributed by atoms with Crippen LogP contribution in [0.2, 0.25) is 0 Å². The van der Waals surface area contributed by atoms with Gasteiger partial charge < -0.3 is 9.80 Å². The Morgan fingerprint density at radius 1 is 1.24 bits per heavy atom. The first kappa shape index (κ1) is 15.5. The normalized spacial score (nSPS) is 16.0. The summed E-state index contributed by atoms with van der Waals surface area (Å²) in [6.07, 6.45) is 1.83. The molecule has 1 aromatic carbocycles. The second kappa shape index (κ2) is 7.25. The molecule has 1 fully saturated rings. The lowest BCUT2D eigenvalue weighted by Gasteiger charge is -2.22. The van der Waals surface area contributed by atoms with Crippen molar-refractivity contribution in [2.45, 2.75) is 33.1 Å². The van der Waals surface area contributed by atoms with Crippen LogP contribution >= 0.6 is 0 Å². The molecule has 0 bridgehead atoms. The summed E-state index contributed by atoms with van der Waals surface area (Å²) in [6.45, 7) is 6.74. The van der Waals surface area contributed by atoms with Crippen LogP contribution in [0.1, 0.15) is 30.9 Å². The molecule has 2 rings (SSSR count). The Morgan fingerprint density at radius 3 is 2.76 bits per heavy atom. The van der Waals surface area contributed by atoms with Crippen LogP contribution in [0.4, 0.5) is 0 Å². The van der Waals surface area contributed by atoms with Crippen molar-refractivity contribution >= 4 is 11.8 Å². The van der Waals surface area contributed by atoms with Crippen molar-refractivity contribution < 1.29 is 9.59 Å². The second-order valence-corrected chi connectivity index (χ2v) is 5.68. The van der Waals surface area contributed by atoms with Crippen molar-refractivity contribution in [2.24, 2.45) is 0 Å². The molecule has 2 amide bonds. The third-order valence-corrected chi connectivity index (χ3v) is 3.87. The smallest absolute Gasteiger partial charge is 0.227 e. The minimum absolute atomic E-state index is 0.117. The fourth-order valence-electron chi connectivity index (χ4n) is 2.73. The molecule has 1 heterocycles. The number of rotatable bonds is 4. The lowest BCUT2D eigenvalue weighted by molar-refractivity contribution is -0.130. The largest absolute Gasteiger partial charge is 0.341 e. The summed E-state index contributed by atoms with van der Waals surface area (Å²) in [5, 5.41) is 0. The summed E-state index contributed by atoms with van der Waals surface area (Å²) < 4.78 is 0. The van der Waals surface area contributed by atoms with E-state index in [1.54, 1.807) is 0 Å². The van der Waals surface area contributed by atoms with E-state index in [9.17, 15) is 9.59 Å². The van der Waals surface area contributed by atoms with Gasteiger partial charge in [-0.15, -0.1) is 0 Å². The van der Waals surface area contributed by atoms with Gasteiger partial charge >= 0.3 is 0 Å². The molecule has 114 valence electrons. The van der Waals surface area contributed by atoms with Crippen LogP contribution in [0, 0.1) is 6.92 Å². The minimum atomic E-state index is 0.117. The Bertz CT molecular complexity index is 513. The van der Waals surface area contributed by atoms with E-state index in [0.29, 0.717) is 32.5 Å². The average molecular weight is 288 g/mol. The van der Waals surface area contributed by atoms with Crippen molar-refractivity contribution in [2.75, 3.05) is 26.2 Å². The second-order valence-electron chi connectivity index (χ2n) is 5.68. The summed E-state index contributed by atoms with van der Waals surface area (Å²) in [5.74, 6) is 0.287. The lowest BCUT2D eigenvalue weighted by atomic mass is 10.1. The number of benzene rings is 1. The van der Waals surface area contributed by atoms with E-state index in [0.717, 1.165) is 18.5 Å². The molecular formula is C17H24N2O2. The fraction of sp³-hybridized carbons (Fsp3) is 0.529. The number of amides is 2. The molecule has 0 unspecified atom stereocenters. The van der Waals surface area contributed by atoms with Gasteiger partial charge in [0.1, 0.15) is 0 Å². The highest BCUT2D eigenvalue weighted by Gasteiger charge is 2.23. The molecule has 1 aliphatic rings. The maximum absolute atomic E-state index is 12.4. The van der Waals surface area contributed by atoms with Gasteiger partial charge in [-0.2, -0.15) is 0 Å². The zero-order valence-corrected chi connectivity index (χ0v) is 13.0. The highest BCUT2D eigenvalue weighted by Crippen LogP contribution is 2.10. The SMILES string of the molecule is CCCN1CCN(C(=O)Cc2cccc(C)c2)CCC1=O. The van der Waals surface area contributed by atoms with Gasteiger partial charge in [0.15, 0.2) is 0 Å². The number of carbonyl (C=O) groups is 2. The first-order valence-electron chi connectivity index (χ1n) is 7.71. The van der Waals surface area contributed by atoms with Gasteiger partial charge in [0.25, 0.3) is 0 Å². The van der Waals surface area contributed by atoms with Crippen molar-refractivity contribution in [3.8, 4) is 0 Å². The number of hydrogen-bond acceptors (Lipinski definition) is 2. The molecule has 0 aliphatic carbocycles. The molecule has 0 saturated carbocycles. The number of aryl methyl sites for hydroxylation is 1. The quantitative estimate of drug-likeness (QED) is 0.850. The van der Waals surface area contributed by atoms with Gasteiger partial charge in [-0.25, -0.2) is 0 Å². The molecule has 0 radical (unpaired) electrons. The molecule has 0 atom stereocenters. The maximum Gasteiger partial charge on any atom is 0.227 e. The van der Waals surface area contributed by atoms with E-state index < -0.39 is 0 Å². The van der Waals surface area contributed by atoms with Gasteiger partial charge in [-0.1, -0.05) is 36.8 Å². The summed E-state index contributed by atoms with van der Waals surface area (Å²) >= 11 is 0. The van der Waals surface area contributed by atoms with Crippen molar-refractivity contribution in [3.05, 3.63) is 35.4 Å². The predicted molar refractivity (Wildman–Crippen MR) is 83.0 cm³/mol. The summed E-state index contributed by atoms with van der Waals surface area (Å²) in [5.41, 5.74) is 2.21. The van der Waals surface area contributed by atoms with Crippen molar-refractivity contribution in [1.82, 2.24) is 9.80 Å². The molecule has 1 aliphatic heterocycles. The molecule has 21 heavy (non-hydrogen) atoms. The van der Waals surface area contributed by atoms with E-state index in [2.05, 4.69) is 6.92 Å². The van der Waals surface area contributed by atoms with Crippen molar-refractivity contribution in [1.29, 1.82) is 0 Å². The van der Waals surface area contributed by atoms with Crippen LogP contribution in [0.5, 0.6) is 0 Å². The summed E-state index contributed by atoms with van der Waals surface area (Å²) in [6, 6.07) is 8.04. The van der Waals surface area contributed by atoms with Gasteiger partial charge in [0, 0.05) is 32.6 Å². The molecule has 0 N–H and O–H groups in total. The van der Waals surface area contributed by atoms with E-state index in [-0.39, 0.29) is 11.8 Å². The maximum atomic E-state index is 12.4. The van der Waals surface area contributed by atoms with Crippen LogP contribution in [0.3, 0.4) is 0 Å². The van der Waals surface area contributed by atoms with Crippen LogP contribution < -0.4 is 0 Å². The number of nitrogens with zero attached hydrogens (tertiary/aromatic N) is 2. The third kappa shape index (κ3) is 4.31. The van der Waals surface area contributed by atoms with E-state index in [1.165, 1.54) is 5.56 Å². The molecular weight excluding hydrogens is 264 g/mol. The zero-order chi connectivity index (χ0) is 15.2. The van der Waals surface area contributed by atoms with Crippen LogP contribution in [-0.4, -0.2) is 47.8 Å². The average Bonchev–Trinajstić information content (AvgIpc) is 2.62. The zero-order valence-electron chi connectivity index (χ0n) is 13.0. The minimum Gasteiger partial charge on any atom is -0.341 e. The molecule has 1 saturated heterocycles. The predicted octanol–water partition coefficient (Wildman–Crippen LogP) is 2.01. The number of hydrogen-bond donors (Lipinski definition) is 0. The van der Waals surface area contributed by atoms with E-state index >= 15 is 0 Å². The lowest BCUT2D eigenvalue weighted by Crippen LogP contribution is -2.36. The van der Waals surface area contributed by atoms with Crippen LogP contribution in [-0.2, 0) is 16.0 Å². The Hall–Kier alpha value is -1.84. The Morgan fingerprint density at radius 2 is 2.05 bits per heavy atom. The molecule has 0 spiro atoms. The highest BCUT2D eigenvalue weighted by molar-refractivity contribution is 5.81. The summed E-state index contributed by atoms with van der Waals surface area (Å²) in [7, 11) is 0.